The molecule has 88 valence electrons. The molecule has 1 heterocycles. The summed E-state index contributed by atoms with van der Waals surface area (Å²) < 4.78 is 0. The molecule has 0 amide bonds. The van der Waals surface area contributed by atoms with Gasteiger partial charge in [-0.15, -0.1) is 0 Å². The maximum Gasteiger partial charge on any atom is 0.132 e. The lowest BCUT2D eigenvalue weighted by atomic mass is 10.2. The predicted octanol–water partition coefficient (Wildman–Crippen LogP) is 4.02. The number of aryl methyl sites for hydroxylation is 1. The Balaban J connectivity index is 2.35. The molecule has 5 heteroatoms. The van der Waals surface area contributed by atoms with E-state index in [4.69, 9.17) is 28.9 Å². The smallest absolute Gasteiger partial charge is 0.132 e. The fourth-order valence-corrected chi connectivity index (χ4v) is 1.84. The number of nitrogen functional groups attached to an aromatic ring is 1. The molecule has 0 radical (unpaired) electrons. The number of nitrogens with one attached hydrogen (secondary N) is 1. The molecule has 17 heavy (non-hydrogen) atoms. The molecule has 1 aromatic heterocycles. The van der Waals surface area contributed by atoms with Crippen molar-refractivity contribution in [3.8, 4) is 0 Å². The average molecular weight is 268 g/mol. The molecular formula is C12H11Cl2N3. The van der Waals surface area contributed by atoms with Gasteiger partial charge in [-0.1, -0.05) is 29.3 Å². The minimum atomic E-state index is 0.540. The van der Waals surface area contributed by atoms with E-state index in [9.17, 15) is 0 Å². The van der Waals surface area contributed by atoms with Crippen LogP contribution in [0.25, 0.3) is 0 Å². The number of para-hydroxylation sites is 1. The molecule has 0 saturated heterocycles. The molecule has 0 atom stereocenters. The molecule has 0 spiro atoms. The van der Waals surface area contributed by atoms with Crippen LogP contribution >= 0.6 is 23.2 Å². The lowest BCUT2D eigenvalue weighted by Crippen LogP contribution is -1.98. The molecular weight excluding hydrogens is 257 g/mol. The maximum atomic E-state index is 6.04. The summed E-state index contributed by atoms with van der Waals surface area (Å²) in [6.45, 7) is 1.90. The second-order valence-electron chi connectivity index (χ2n) is 3.65. The van der Waals surface area contributed by atoms with Gasteiger partial charge in [-0.25, -0.2) is 4.98 Å². The van der Waals surface area contributed by atoms with E-state index in [0.717, 1.165) is 5.56 Å². The summed E-state index contributed by atoms with van der Waals surface area (Å²) in [4.78, 5) is 4.21. The van der Waals surface area contributed by atoms with Gasteiger partial charge in [-0.3, -0.25) is 0 Å². The van der Waals surface area contributed by atoms with E-state index in [2.05, 4.69) is 10.3 Å². The Morgan fingerprint density at radius 1 is 1.24 bits per heavy atom. The first-order valence-electron chi connectivity index (χ1n) is 5.01. The molecule has 1 aromatic carbocycles. The zero-order valence-corrected chi connectivity index (χ0v) is 10.7. The van der Waals surface area contributed by atoms with Crippen molar-refractivity contribution < 1.29 is 0 Å². The number of nitrogens with two attached hydrogens (primary N) is 1. The standard InChI is InChI=1S/C12H11Cl2N3/c1-7-6-16-11(5-10(7)15)17-12-8(13)3-2-4-9(12)14/h2-6H,1H3,(H3,15,16,17). The van der Waals surface area contributed by atoms with Gasteiger partial charge in [0.1, 0.15) is 5.82 Å². The average Bonchev–Trinajstić information content (AvgIpc) is 2.28. The first-order chi connectivity index (χ1) is 8.08. The lowest BCUT2D eigenvalue weighted by molar-refractivity contribution is 1.26. The number of hydrogen-bond acceptors (Lipinski definition) is 3. The van der Waals surface area contributed by atoms with Gasteiger partial charge >= 0.3 is 0 Å². The Hall–Kier alpha value is -1.45. The third kappa shape index (κ3) is 2.62. The number of benzene rings is 1. The van der Waals surface area contributed by atoms with Crippen LogP contribution < -0.4 is 11.1 Å². The lowest BCUT2D eigenvalue weighted by Gasteiger charge is -2.10. The van der Waals surface area contributed by atoms with Crippen LogP contribution in [0.15, 0.2) is 30.5 Å². The molecule has 3 nitrogen and oxygen atoms in total. The van der Waals surface area contributed by atoms with E-state index in [1.54, 1.807) is 30.5 Å². The summed E-state index contributed by atoms with van der Waals surface area (Å²) in [6.07, 6.45) is 1.70. The molecule has 0 aliphatic rings. The van der Waals surface area contributed by atoms with E-state index >= 15 is 0 Å². The highest BCUT2D eigenvalue weighted by Gasteiger charge is 2.06. The molecule has 3 N–H and O–H groups in total. The number of hydrogen-bond donors (Lipinski definition) is 2. The van der Waals surface area contributed by atoms with Crippen molar-refractivity contribution in [1.29, 1.82) is 0 Å². The molecule has 0 unspecified atom stereocenters. The highest BCUT2D eigenvalue weighted by atomic mass is 35.5. The summed E-state index contributed by atoms with van der Waals surface area (Å²) in [7, 11) is 0. The number of halogens is 2. The van der Waals surface area contributed by atoms with E-state index in [0.29, 0.717) is 27.2 Å². The topological polar surface area (TPSA) is 50.9 Å². The third-order valence-corrected chi connectivity index (χ3v) is 2.99. The summed E-state index contributed by atoms with van der Waals surface area (Å²) in [5.74, 6) is 0.614. The summed E-state index contributed by atoms with van der Waals surface area (Å²) in [5, 5.41) is 4.13. The molecule has 0 aliphatic heterocycles. The molecule has 0 bridgehead atoms. The van der Waals surface area contributed by atoms with Crippen LogP contribution in [-0.2, 0) is 0 Å². The number of anilines is 3. The van der Waals surface area contributed by atoms with Crippen LogP contribution in [0.3, 0.4) is 0 Å². The van der Waals surface area contributed by atoms with Crippen LogP contribution in [0.1, 0.15) is 5.56 Å². The van der Waals surface area contributed by atoms with Crippen molar-refractivity contribution in [3.63, 3.8) is 0 Å². The first kappa shape index (κ1) is 12.0. The van der Waals surface area contributed by atoms with E-state index < -0.39 is 0 Å². The van der Waals surface area contributed by atoms with Crippen molar-refractivity contribution in [2.45, 2.75) is 6.92 Å². The van der Waals surface area contributed by atoms with Crippen LogP contribution in [-0.4, -0.2) is 4.98 Å². The zero-order valence-electron chi connectivity index (χ0n) is 9.17. The predicted molar refractivity (Wildman–Crippen MR) is 73.1 cm³/mol. The van der Waals surface area contributed by atoms with Gasteiger partial charge in [0.2, 0.25) is 0 Å². The Labute approximate surface area is 110 Å². The van der Waals surface area contributed by atoms with Crippen molar-refractivity contribution in [2.24, 2.45) is 0 Å². The highest BCUT2D eigenvalue weighted by Crippen LogP contribution is 2.32. The molecule has 2 rings (SSSR count). The van der Waals surface area contributed by atoms with Gasteiger partial charge in [0.15, 0.2) is 0 Å². The quantitative estimate of drug-likeness (QED) is 0.864. The van der Waals surface area contributed by atoms with Crippen molar-refractivity contribution >= 4 is 40.4 Å². The molecule has 0 saturated carbocycles. The SMILES string of the molecule is Cc1cnc(Nc2c(Cl)cccc2Cl)cc1N. The van der Waals surface area contributed by atoms with Gasteiger partial charge in [0, 0.05) is 18.0 Å². The van der Waals surface area contributed by atoms with Gasteiger partial charge in [0.25, 0.3) is 0 Å². The minimum Gasteiger partial charge on any atom is -0.398 e. The third-order valence-electron chi connectivity index (χ3n) is 2.36. The Morgan fingerprint density at radius 2 is 1.88 bits per heavy atom. The van der Waals surface area contributed by atoms with Crippen LogP contribution in [0.4, 0.5) is 17.2 Å². The first-order valence-corrected chi connectivity index (χ1v) is 5.76. The van der Waals surface area contributed by atoms with E-state index in [1.807, 2.05) is 6.92 Å². The Kier molecular flexibility index (Phi) is 3.41. The summed E-state index contributed by atoms with van der Waals surface area (Å²) >= 11 is 12.1. The van der Waals surface area contributed by atoms with Crippen LogP contribution in [0.2, 0.25) is 10.0 Å². The fourth-order valence-electron chi connectivity index (χ4n) is 1.35. The van der Waals surface area contributed by atoms with Gasteiger partial charge in [-0.2, -0.15) is 0 Å². The normalized spacial score (nSPS) is 10.3. The number of pyridine rings is 1. The van der Waals surface area contributed by atoms with Gasteiger partial charge in [0.05, 0.1) is 15.7 Å². The number of rotatable bonds is 2. The Morgan fingerprint density at radius 3 is 2.47 bits per heavy atom. The van der Waals surface area contributed by atoms with E-state index in [-0.39, 0.29) is 0 Å². The van der Waals surface area contributed by atoms with E-state index in [1.165, 1.54) is 0 Å². The van der Waals surface area contributed by atoms with Crippen LogP contribution in [0, 0.1) is 6.92 Å². The second-order valence-corrected chi connectivity index (χ2v) is 4.46. The van der Waals surface area contributed by atoms with Gasteiger partial charge < -0.3 is 11.1 Å². The largest absolute Gasteiger partial charge is 0.398 e. The van der Waals surface area contributed by atoms with Gasteiger partial charge in [-0.05, 0) is 24.6 Å². The number of nitrogens with zero attached hydrogens (tertiary/aromatic N) is 1. The van der Waals surface area contributed by atoms with Crippen molar-refractivity contribution in [3.05, 3.63) is 46.1 Å². The van der Waals surface area contributed by atoms with Crippen molar-refractivity contribution in [2.75, 3.05) is 11.1 Å². The molecule has 0 fully saturated rings. The highest BCUT2D eigenvalue weighted by molar-refractivity contribution is 6.39. The summed E-state index contributed by atoms with van der Waals surface area (Å²) in [5.41, 5.74) is 8.04. The fraction of sp³-hybridized carbons (Fsp3) is 0.0833. The molecule has 0 aliphatic carbocycles. The van der Waals surface area contributed by atoms with Crippen molar-refractivity contribution in [1.82, 2.24) is 4.98 Å². The second kappa shape index (κ2) is 4.82. The maximum absolute atomic E-state index is 6.04. The Bertz CT molecular complexity index is 535. The summed E-state index contributed by atoms with van der Waals surface area (Å²) in [6, 6.07) is 7.04. The monoisotopic (exact) mass is 267 g/mol. The zero-order chi connectivity index (χ0) is 12.4. The molecule has 2 aromatic rings. The minimum absolute atomic E-state index is 0.540. The number of aromatic nitrogens is 1. The van der Waals surface area contributed by atoms with Crippen LogP contribution in [0.5, 0.6) is 0 Å².